The van der Waals surface area contributed by atoms with E-state index in [1.54, 1.807) is 0 Å². The van der Waals surface area contributed by atoms with E-state index in [0.29, 0.717) is 43.2 Å². The first-order chi connectivity index (χ1) is 11.6. The fourth-order valence-electron chi connectivity index (χ4n) is 4.35. The van der Waals surface area contributed by atoms with Crippen LogP contribution >= 0.6 is 0 Å². The standard InChI is InChI=1S/C19H26N2O3/c1-13-2-6-16(24-13)7-9-18(22)20-11-10-17-14(12-20)3-8-19(23)21(17)15-4-5-15/h2,6,14-15,17H,3-5,7-12H2,1H3. The van der Waals surface area contributed by atoms with E-state index in [4.69, 9.17) is 4.42 Å². The fourth-order valence-corrected chi connectivity index (χ4v) is 4.35. The van der Waals surface area contributed by atoms with Crippen molar-refractivity contribution in [2.75, 3.05) is 13.1 Å². The van der Waals surface area contributed by atoms with Gasteiger partial charge in [0, 0.05) is 44.4 Å². The molecule has 1 saturated carbocycles. The molecule has 0 radical (unpaired) electrons. The third kappa shape index (κ3) is 3.08. The Morgan fingerprint density at radius 1 is 1.25 bits per heavy atom. The molecule has 3 heterocycles. The van der Waals surface area contributed by atoms with Crippen molar-refractivity contribution in [2.45, 2.75) is 64.0 Å². The number of amides is 2. The highest BCUT2D eigenvalue weighted by Gasteiger charge is 2.45. The van der Waals surface area contributed by atoms with Crippen LogP contribution in [-0.4, -0.2) is 46.8 Å². The molecule has 1 aromatic heterocycles. The molecule has 24 heavy (non-hydrogen) atoms. The molecular weight excluding hydrogens is 304 g/mol. The van der Waals surface area contributed by atoms with E-state index in [0.717, 1.165) is 37.5 Å². The Hall–Kier alpha value is -1.78. The minimum absolute atomic E-state index is 0.220. The van der Waals surface area contributed by atoms with Crippen molar-refractivity contribution in [2.24, 2.45) is 5.92 Å². The predicted molar refractivity (Wildman–Crippen MR) is 89.3 cm³/mol. The zero-order valence-electron chi connectivity index (χ0n) is 14.4. The number of nitrogens with zero attached hydrogens (tertiary/aromatic N) is 2. The quantitative estimate of drug-likeness (QED) is 0.852. The number of likely N-dealkylation sites (tertiary alicyclic amines) is 2. The number of carbonyl (C=O) groups excluding carboxylic acids is 2. The monoisotopic (exact) mass is 330 g/mol. The van der Waals surface area contributed by atoms with E-state index in [1.165, 1.54) is 12.8 Å². The number of hydrogen-bond donors (Lipinski definition) is 0. The van der Waals surface area contributed by atoms with Crippen LogP contribution in [0.2, 0.25) is 0 Å². The molecule has 0 aromatic carbocycles. The van der Waals surface area contributed by atoms with Gasteiger partial charge in [0.25, 0.3) is 0 Å². The van der Waals surface area contributed by atoms with Crippen LogP contribution in [0.4, 0.5) is 0 Å². The molecule has 2 atom stereocenters. The van der Waals surface area contributed by atoms with Crippen molar-refractivity contribution in [1.82, 2.24) is 9.80 Å². The van der Waals surface area contributed by atoms with Crippen LogP contribution < -0.4 is 0 Å². The highest BCUT2D eigenvalue weighted by atomic mass is 16.3. The molecule has 5 heteroatoms. The third-order valence-electron chi connectivity index (χ3n) is 5.74. The maximum absolute atomic E-state index is 12.5. The largest absolute Gasteiger partial charge is 0.466 e. The Morgan fingerprint density at radius 3 is 2.79 bits per heavy atom. The topological polar surface area (TPSA) is 53.8 Å². The minimum Gasteiger partial charge on any atom is -0.466 e. The van der Waals surface area contributed by atoms with Crippen molar-refractivity contribution < 1.29 is 14.0 Å². The van der Waals surface area contributed by atoms with Gasteiger partial charge in [-0.25, -0.2) is 0 Å². The summed E-state index contributed by atoms with van der Waals surface area (Å²) in [6.07, 6.45) is 6.05. The zero-order valence-corrected chi connectivity index (χ0v) is 14.4. The first-order valence-corrected chi connectivity index (χ1v) is 9.26. The summed E-state index contributed by atoms with van der Waals surface area (Å²) >= 11 is 0. The maximum Gasteiger partial charge on any atom is 0.223 e. The molecule has 1 aliphatic carbocycles. The Balaban J connectivity index is 1.34. The lowest BCUT2D eigenvalue weighted by Gasteiger charge is -2.47. The molecule has 5 nitrogen and oxygen atoms in total. The van der Waals surface area contributed by atoms with E-state index in [9.17, 15) is 9.59 Å². The van der Waals surface area contributed by atoms with Gasteiger partial charge in [-0.1, -0.05) is 0 Å². The SMILES string of the molecule is Cc1ccc(CCC(=O)N2CCC3C(CCC(=O)N3C3CC3)C2)o1. The van der Waals surface area contributed by atoms with Crippen molar-refractivity contribution in [3.05, 3.63) is 23.7 Å². The highest BCUT2D eigenvalue weighted by Crippen LogP contribution is 2.39. The second-order valence-corrected chi connectivity index (χ2v) is 7.54. The van der Waals surface area contributed by atoms with Gasteiger partial charge in [0.2, 0.25) is 11.8 Å². The van der Waals surface area contributed by atoms with Crippen molar-refractivity contribution in [3.63, 3.8) is 0 Å². The van der Waals surface area contributed by atoms with E-state index < -0.39 is 0 Å². The Bertz CT molecular complexity index is 634. The summed E-state index contributed by atoms with van der Waals surface area (Å²) < 4.78 is 5.55. The van der Waals surface area contributed by atoms with Crippen molar-refractivity contribution in [3.8, 4) is 0 Å². The first kappa shape index (κ1) is 15.7. The summed E-state index contributed by atoms with van der Waals surface area (Å²) in [5, 5.41) is 0. The van der Waals surface area contributed by atoms with Gasteiger partial charge in [0.05, 0.1) is 0 Å². The summed E-state index contributed by atoms with van der Waals surface area (Å²) in [6, 6.07) is 4.76. The number of piperidine rings is 2. The van der Waals surface area contributed by atoms with Crippen LogP contribution in [0.5, 0.6) is 0 Å². The van der Waals surface area contributed by atoms with Gasteiger partial charge in [-0.3, -0.25) is 9.59 Å². The van der Waals surface area contributed by atoms with Crippen LogP contribution in [0.25, 0.3) is 0 Å². The normalized spacial score (nSPS) is 27.3. The molecular formula is C19H26N2O3. The molecule has 0 N–H and O–H groups in total. The smallest absolute Gasteiger partial charge is 0.223 e. The first-order valence-electron chi connectivity index (χ1n) is 9.26. The molecule has 2 aliphatic heterocycles. The Kier molecular flexibility index (Phi) is 4.10. The van der Waals surface area contributed by atoms with Gasteiger partial charge < -0.3 is 14.2 Å². The van der Waals surface area contributed by atoms with Gasteiger partial charge in [-0.2, -0.15) is 0 Å². The molecule has 2 saturated heterocycles. The maximum atomic E-state index is 12.5. The third-order valence-corrected chi connectivity index (χ3v) is 5.74. The van der Waals surface area contributed by atoms with Crippen LogP contribution in [0.15, 0.2) is 16.5 Å². The molecule has 3 fully saturated rings. The van der Waals surface area contributed by atoms with E-state index in [1.807, 2.05) is 24.0 Å². The average molecular weight is 330 g/mol. The second-order valence-electron chi connectivity index (χ2n) is 7.54. The van der Waals surface area contributed by atoms with Crippen molar-refractivity contribution >= 4 is 11.8 Å². The highest BCUT2D eigenvalue weighted by molar-refractivity contribution is 5.79. The molecule has 0 bridgehead atoms. The Labute approximate surface area is 143 Å². The zero-order chi connectivity index (χ0) is 16.7. The van der Waals surface area contributed by atoms with Crippen molar-refractivity contribution in [1.29, 1.82) is 0 Å². The molecule has 2 unspecified atom stereocenters. The second kappa shape index (κ2) is 6.26. The number of hydrogen-bond acceptors (Lipinski definition) is 3. The van der Waals surface area contributed by atoms with Crippen LogP contribution in [0.3, 0.4) is 0 Å². The molecule has 4 rings (SSSR count). The summed E-state index contributed by atoms with van der Waals surface area (Å²) in [5.74, 6) is 2.81. The summed E-state index contributed by atoms with van der Waals surface area (Å²) in [6.45, 7) is 3.52. The van der Waals surface area contributed by atoms with Crippen LogP contribution in [0.1, 0.15) is 50.0 Å². The van der Waals surface area contributed by atoms with Gasteiger partial charge in [0.1, 0.15) is 11.5 Å². The van der Waals surface area contributed by atoms with Crippen LogP contribution in [0, 0.1) is 12.8 Å². The Morgan fingerprint density at radius 2 is 2.08 bits per heavy atom. The number of aryl methyl sites for hydroxylation is 2. The minimum atomic E-state index is 0.220. The van der Waals surface area contributed by atoms with E-state index in [-0.39, 0.29) is 5.91 Å². The van der Waals surface area contributed by atoms with E-state index in [2.05, 4.69) is 4.90 Å². The summed E-state index contributed by atoms with van der Waals surface area (Å²) in [4.78, 5) is 29.0. The predicted octanol–water partition coefficient (Wildman–Crippen LogP) is 2.52. The number of rotatable bonds is 4. The van der Waals surface area contributed by atoms with Gasteiger partial charge >= 0.3 is 0 Å². The summed E-state index contributed by atoms with van der Waals surface area (Å²) in [5.41, 5.74) is 0. The van der Waals surface area contributed by atoms with Gasteiger partial charge in [-0.15, -0.1) is 0 Å². The molecule has 2 amide bonds. The lowest BCUT2D eigenvalue weighted by molar-refractivity contribution is -0.145. The van der Waals surface area contributed by atoms with Gasteiger partial charge in [-0.05, 0) is 50.7 Å². The van der Waals surface area contributed by atoms with Gasteiger partial charge in [0.15, 0.2) is 0 Å². The average Bonchev–Trinajstić information content (AvgIpc) is 3.33. The molecule has 0 spiro atoms. The number of carbonyl (C=O) groups is 2. The lowest BCUT2D eigenvalue weighted by atomic mass is 9.83. The van der Waals surface area contributed by atoms with Crippen LogP contribution in [-0.2, 0) is 16.0 Å². The number of fused-ring (bicyclic) bond motifs is 1. The molecule has 1 aromatic rings. The molecule has 130 valence electrons. The summed E-state index contributed by atoms with van der Waals surface area (Å²) in [7, 11) is 0. The lowest BCUT2D eigenvalue weighted by Crippen LogP contribution is -2.57. The fraction of sp³-hybridized carbons (Fsp3) is 0.684. The molecule has 3 aliphatic rings. The number of furan rings is 1. The van der Waals surface area contributed by atoms with E-state index >= 15 is 0 Å².